The molecule has 0 spiro atoms. The summed E-state index contributed by atoms with van der Waals surface area (Å²) in [6.07, 6.45) is 0.416. The van der Waals surface area contributed by atoms with Crippen molar-refractivity contribution in [3.8, 4) is 0 Å². The SMILES string of the molecule is CC(C)(Cc1cc(F)ccc1SCl)C1OCCO1. The molecule has 2 nitrogen and oxygen atoms in total. The van der Waals surface area contributed by atoms with Crippen LogP contribution in [0.4, 0.5) is 4.39 Å². The van der Waals surface area contributed by atoms with E-state index in [0.717, 1.165) is 21.4 Å². The largest absolute Gasteiger partial charge is 0.350 e. The van der Waals surface area contributed by atoms with Gasteiger partial charge in [-0.2, -0.15) is 0 Å². The van der Waals surface area contributed by atoms with Gasteiger partial charge >= 0.3 is 0 Å². The van der Waals surface area contributed by atoms with E-state index in [1.807, 2.05) is 0 Å². The monoisotopic (exact) mass is 290 g/mol. The van der Waals surface area contributed by atoms with Gasteiger partial charge in [0.2, 0.25) is 0 Å². The van der Waals surface area contributed by atoms with Gasteiger partial charge in [0.1, 0.15) is 5.82 Å². The van der Waals surface area contributed by atoms with Crippen LogP contribution >= 0.6 is 21.7 Å². The number of rotatable bonds is 4. The van der Waals surface area contributed by atoms with Crippen molar-refractivity contribution in [2.24, 2.45) is 5.41 Å². The van der Waals surface area contributed by atoms with Crippen LogP contribution < -0.4 is 0 Å². The van der Waals surface area contributed by atoms with Crippen molar-refractivity contribution >= 4 is 21.7 Å². The van der Waals surface area contributed by atoms with Crippen LogP contribution in [0.2, 0.25) is 0 Å². The molecule has 1 aliphatic rings. The van der Waals surface area contributed by atoms with Crippen LogP contribution in [0.5, 0.6) is 0 Å². The Balaban J connectivity index is 2.19. The quantitative estimate of drug-likeness (QED) is 0.835. The Bertz CT molecular complexity index is 419. The van der Waals surface area contributed by atoms with Crippen LogP contribution in [0, 0.1) is 11.2 Å². The van der Waals surface area contributed by atoms with Gasteiger partial charge in [-0.15, -0.1) is 0 Å². The molecule has 2 rings (SSSR count). The molecule has 18 heavy (non-hydrogen) atoms. The molecular weight excluding hydrogens is 275 g/mol. The van der Waals surface area contributed by atoms with Gasteiger partial charge in [-0.3, -0.25) is 0 Å². The Morgan fingerprint density at radius 3 is 2.67 bits per heavy atom. The van der Waals surface area contributed by atoms with Gasteiger partial charge in [0.05, 0.1) is 13.2 Å². The first kappa shape index (κ1) is 14.1. The molecule has 1 fully saturated rings. The van der Waals surface area contributed by atoms with E-state index in [0.29, 0.717) is 19.6 Å². The smallest absolute Gasteiger partial charge is 0.163 e. The van der Waals surface area contributed by atoms with Crippen LogP contribution in [0.3, 0.4) is 0 Å². The highest BCUT2D eigenvalue weighted by atomic mass is 35.7. The average Bonchev–Trinajstić information content (AvgIpc) is 2.83. The Hall–Kier alpha value is -0.290. The molecule has 1 aliphatic heterocycles. The van der Waals surface area contributed by atoms with E-state index < -0.39 is 0 Å². The summed E-state index contributed by atoms with van der Waals surface area (Å²) in [7, 11) is 6.92. The molecular formula is C13H16ClFO2S. The third-order valence-electron chi connectivity index (χ3n) is 3.01. The lowest BCUT2D eigenvalue weighted by atomic mass is 9.85. The maximum atomic E-state index is 13.3. The Labute approximate surface area is 115 Å². The highest BCUT2D eigenvalue weighted by Gasteiger charge is 2.35. The molecule has 0 aliphatic carbocycles. The van der Waals surface area contributed by atoms with E-state index in [1.54, 1.807) is 6.07 Å². The van der Waals surface area contributed by atoms with Crippen molar-refractivity contribution in [3.05, 3.63) is 29.6 Å². The zero-order valence-corrected chi connectivity index (χ0v) is 12.0. The third kappa shape index (κ3) is 3.18. The predicted molar refractivity (Wildman–Crippen MR) is 71.3 cm³/mol. The zero-order chi connectivity index (χ0) is 13.2. The lowest BCUT2D eigenvalue weighted by Gasteiger charge is -2.30. The van der Waals surface area contributed by atoms with Crippen molar-refractivity contribution in [2.45, 2.75) is 31.5 Å². The van der Waals surface area contributed by atoms with E-state index >= 15 is 0 Å². The maximum absolute atomic E-state index is 13.3. The summed E-state index contributed by atoms with van der Waals surface area (Å²) in [5.74, 6) is -0.247. The van der Waals surface area contributed by atoms with Gasteiger partial charge < -0.3 is 9.47 Å². The van der Waals surface area contributed by atoms with Crippen molar-refractivity contribution < 1.29 is 13.9 Å². The third-order valence-corrected chi connectivity index (χ3v) is 4.07. The standard InChI is InChI=1S/C13H16ClFO2S/c1-13(2,12-16-5-6-17-12)8-9-7-10(15)3-4-11(9)18-14/h3-4,7,12H,5-6,8H2,1-2H3. The second-order valence-corrected chi connectivity index (χ2v) is 6.13. The van der Waals surface area contributed by atoms with Crippen LogP contribution in [-0.4, -0.2) is 19.5 Å². The fourth-order valence-corrected chi connectivity index (χ4v) is 2.95. The molecule has 1 aromatic rings. The molecule has 1 aromatic carbocycles. The minimum atomic E-state index is -0.247. The maximum Gasteiger partial charge on any atom is 0.163 e. The molecule has 0 unspecified atom stereocenters. The topological polar surface area (TPSA) is 18.5 Å². The first-order valence-corrected chi connectivity index (χ1v) is 7.47. The summed E-state index contributed by atoms with van der Waals surface area (Å²) in [6.45, 7) is 5.34. The first-order valence-electron chi connectivity index (χ1n) is 5.83. The van der Waals surface area contributed by atoms with Crippen LogP contribution in [0.1, 0.15) is 19.4 Å². The van der Waals surface area contributed by atoms with Gasteiger partial charge in [0, 0.05) is 10.3 Å². The minimum Gasteiger partial charge on any atom is -0.350 e. The molecule has 1 heterocycles. The summed E-state index contributed by atoms with van der Waals surface area (Å²) in [5, 5.41) is 0. The fourth-order valence-electron chi connectivity index (χ4n) is 2.15. The van der Waals surface area contributed by atoms with Crippen LogP contribution in [0.25, 0.3) is 0 Å². The molecule has 0 amide bonds. The normalized spacial score (nSPS) is 17.3. The summed E-state index contributed by atoms with van der Waals surface area (Å²) in [5.41, 5.74) is 0.671. The van der Waals surface area contributed by atoms with E-state index in [-0.39, 0.29) is 17.5 Å². The minimum absolute atomic E-state index is 0.217. The van der Waals surface area contributed by atoms with E-state index in [9.17, 15) is 4.39 Å². The predicted octanol–water partition coefficient (Wildman–Crippen LogP) is 4.01. The number of hydrogen-bond acceptors (Lipinski definition) is 3. The molecule has 0 aromatic heterocycles. The highest BCUT2D eigenvalue weighted by Crippen LogP contribution is 2.35. The second kappa shape index (κ2) is 5.78. The molecule has 5 heteroatoms. The van der Waals surface area contributed by atoms with Crippen molar-refractivity contribution in [1.82, 2.24) is 0 Å². The summed E-state index contributed by atoms with van der Waals surface area (Å²) < 4.78 is 24.4. The zero-order valence-electron chi connectivity index (χ0n) is 10.4. The number of benzene rings is 1. The molecule has 0 atom stereocenters. The van der Waals surface area contributed by atoms with E-state index in [2.05, 4.69) is 13.8 Å². The fraction of sp³-hybridized carbons (Fsp3) is 0.538. The van der Waals surface area contributed by atoms with Gasteiger partial charge in [0.25, 0.3) is 0 Å². The highest BCUT2D eigenvalue weighted by molar-refractivity contribution is 8.21. The average molecular weight is 291 g/mol. The molecule has 0 radical (unpaired) electrons. The molecule has 100 valence electrons. The first-order chi connectivity index (χ1) is 8.53. The van der Waals surface area contributed by atoms with Crippen molar-refractivity contribution in [2.75, 3.05) is 13.2 Å². The Kier molecular flexibility index (Phi) is 4.54. The number of ether oxygens (including phenoxy) is 2. The van der Waals surface area contributed by atoms with Crippen molar-refractivity contribution in [1.29, 1.82) is 0 Å². The lowest BCUT2D eigenvalue weighted by Crippen LogP contribution is -2.32. The molecule has 0 N–H and O–H groups in total. The van der Waals surface area contributed by atoms with Gasteiger partial charge in [-0.25, -0.2) is 4.39 Å². The summed E-state index contributed by atoms with van der Waals surface area (Å²) in [4.78, 5) is 0.879. The number of halogens is 2. The van der Waals surface area contributed by atoms with Crippen LogP contribution in [0.15, 0.2) is 23.1 Å². The van der Waals surface area contributed by atoms with E-state index in [1.165, 1.54) is 12.1 Å². The Morgan fingerprint density at radius 1 is 1.39 bits per heavy atom. The van der Waals surface area contributed by atoms with Gasteiger partial charge in [-0.05, 0) is 51.8 Å². The second-order valence-electron chi connectivity index (χ2n) is 5.07. The lowest BCUT2D eigenvalue weighted by molar-refractivity contribution is -0.119. The van der Waals surface area contributed by atoms with Crippen molar-refractivity contribution in [3.63, 3.8) is 0 Å². The summed E-state index contributed by atoms with van der Waals surface area (Å²) >= 11 is 0. The van der Waals surface area contributed by atoms with Crippen LogP contribution in [-0.2, 0) is 15.9 Å². The number of hydrogen-bond donors (Lipinski definition) is 0. The van der Waals surface area contributed by atoms with Gasteiger partial charge in [-0.1, -0.05) is 13.8 Å². The summed E-state index contributed by atoms with van der Waals surface area (Å²) in [6, 6.07) is 4.65. The van der Waals surface area contributed by atoms with E-state index in [4.69, 9.17) is 20.2 Å². The molecule has 0 saturated carbocycles. The Morgan fingerprint density at radius 2 is 2.06 bits per heavy atom. The molecule has 1 saturated heterocycles. The molecule has 0 bridgehead atoms. The van der Waals surface area contributed by atoms with Gasteiger partial charge in [0.15, 0.2) is 6.29 Å².